The molecule has 1 atom stereocenters. The summed E-state index contributed by atoms with van der Waals surface area (Å²) in [5, 5.41) is 4.40. The van der Waals surface area contributed by atoms with Gasteiger partial charge in [0.05, 0.1) is 16.0 Å². The second kappa shape index (κ2) is 7.36. The first-order valence-electron chi connectivity index (χ1n) is 6.90. The maximum Gasteiger partial charge on any atom is 0.232 e. The van der Waals surface area contributed by atoms with E-state index in [9.17, 15) is 4.79 Å². The molecule has 1 N–H and O–H groups in total. The predicted octanol–water partition coefficient (Wildman–Crippen LogP) is 6.03. The van der Waals surface area contributed by atoms with Gasteiger partial charge in [-0.2, -0.15) is 0 Å². The van der Waals surface area contributed by atoms with Gasteiger partial charge in [0.15, 0.2) is 0 Å². The quantitative estimate of drug-likeness (QED) is 0.712. The zero-order valence-electron chi connectivity index (χ0n) is 12.2. The molecule has 0 aliphatic heterocycles. The number of anilines is 1. The zero-order valence-corrected chi connectivity index (χ0v) is 14.5. The standard InChI is InChI=1S/C17H16Cl3NO/c1-10(2)16(11-3-5-12(18)6-4-11)17(22)21-13-7-8-14(19)15(20)9-13/h3-10,16H,1-2H3,(H,21,22). The lowest BCUT2D eigenvalue weighted by molar-refractivity contribution is -0.118. The first kappa shape index (κ1) is 17.1. The Morgan fingerprint density at radius 3 is 2.14 bits per heavy atom. The number of amides is 1. The number of hydrogen-bond donors (Lipinski definition) is 1. The average molecular weight is 357 g/mol. The summed E-state index contributed by atoms with van der Waals surface area (Å²) in [6.07, 6.45) is 0. The van der Waals surface area contributed by atoms with Crippen molar-refractivity contribution >= 4 is 46.4 Å². The molecular weight excluding hydrogens is 341 g/mol. The molecular formula is C17H16Cl3NO. The molecule has 0 aromatic heterocycles. The van der Waals surface area contributed by atoms with Gasteiger partial charge in [-0.1, -0.05) is 60.8 Å². The van der Waals surface area contributed by atoms with Gasteiger partial charge in [-0.25, -0.2) is 0 Å². The number of halogens is 3. The molecule has 1 unspecified atom stereocenters. The van der Waals surface area contributed by atoms with Crippen molar-refractivity contribution in [2.45, 2.75) is 19.8 Å². The van der Waals surface area contributed by atoms with Crippen molar-refractivity contribution in [3.63, 3.8) is 0 Å². The molecule has 0 fully saturated rings. The second-order valence-corrected chi connectivity index (χ2v) is 6.64. The third-order valence-corrected chi connectivity index (χ3v) is 4.36. The first-order chi connectivity index (χ1) is 10.4. The lowest BCUT2D eigenvalue weighted by atomic mass is 9.87. The Morgan fingerprint density at radius 2 is 1.59 bits per heavy atom. The van der Waals surface area contributed by atoms with E-state index in [0.29, 0.717) is 20.8 Å². The van der Waals surface area contributed by atoms with Crippen LogP contribution in [0.3, 0.4) is 0 Å². The Bertz CT molecular complexity index is 668. The maximum absolute atomic E-state index is 12.6. The van der Waals surface area contributed by atoms with Crippen molar-refractivity contribution in [3.8, 4) is 0 Å². The fraction of sp³-hybridized carbons (Fsp3) is 0.235. The molecule has 5 heteroatoms. The van der Waals surface area contributed by atoms with Crippen LogP contribution in [0.5, 0.6) is 0 Å². The Hall–Kier alpha value is -1.22. The van der Waals surface area contributed by atoms with E-state index >= 15 is 0 Å². The molecule has 0 heterocycles. The highest BCUT2D eigenvalue weighted by Gasteiger charge is 2.24. The SMILES string of the molecule is CC(C)C(C(=O)Nc1ccc(Cl)c(Cl)c1)c1ccc(Cl)cc1. The van der Waals surface area contributed by atoms with Crippen LogP contribution < -0.4 is 5.32 Å². The minimum atomic E-state index is -0.272. The average Bonchev–Trinajstić information content (AvgIpc) is 2.45. The molecule has 0 saturated carbocycles. The Morgan fingerprint density at radius 1 is 0.955 bits per heavy atom. The van der Waals surface area contributed by atoms with E-state index in [4.69, 9.17) is 34.8 Å². The zero-order chi connectivity index (χ0) is 16.3. The molecule has 0 spiro atoms. The van der Waals surface area contributed by atoms with Crippen LogP contribution in [0.2, 0.25) is 15.1 Å². The number of benzene rings is 2. The van der Waals surface area contributed by atoms with E-state index in [2.05, 4.69) is 5.32 Å². The number of rotatable bonds is 4. The van der Waals surface area contributed by atoms with E-state index in [1.54, 1.807) is 30.3 Å². The van der Waals surface area contributed by atoms with Crippen LogP contribution in [0.15, 0.2) is 42.5 Å². The van der Waals surface area contributed by atoms with E-state index in [1.165, 1.54) is 0 Å². The van der Waals surface area contributed by atoms with E-state index in [-0.39, 0.29) is 17.7 Å². The molecule has 2 aromatic rings. The molecule has 0 aliphatic carbocycles. The molecule has 22 heavy (non-hydrogen) atoms. The van der Waals surface area contributed by atoms with Gasteiger partial charge in [-0.05, 0) is 41.8 Å². The predicted molar refractivity (Wildman–Crippen MR) is 94.1 cm³/mol. The van der Waals surface area contributed by atoms with Gasteiger partial charge in [0, 0.05) is 10.7 Å². The summed E-state index contributed by atoms with van der Waals surface area (Å²) in [6.45, 7) is 4.02. The molecule has 2 rings (SSSR count). The van der Waals surface area contributed by atoms with Crippen molar-refractivity contribution in [1.82, 2.24) is 0 Å². The summed E-state index contributed by atoms with van der Waals surface area (Å²) < 4.78 is 0. The monoisotopic (exact) mass is 355 g/mol. The third-order valence-electron chi connectivity index (χ3n) is 3.37. The molecule has 0 bridgehead atoms. The van der Waals surface area contributed by atoms with Crippen LogP contribution in [0, 0.1) is 5.92 Å². The Kier molecular flexibility index (Phi) is 5.74. The minimum absolute atomic E-state index is 0.0873. The summed E-state index contributed by atoms with van der Waals surface area (Å²) in [6, 6.07) is 12.4. The van der Waals surface area contributed by atoms with Crippen molar-refractivity contribution < 1.29 is 4.79 Å². The van der Waals surface area contributed by atoms with Gasteiger partial charge in [-0.3, -0.25) is 4.79 Å². The topological polar surface area (TPSA) is 29.1 Å². The van der Waals surface area contributed by atoms with E-state index < -0.39 is 0 Å². The van der Waals surface area contributed by atoms with Crippen molar-refractivity contribution in [2.24, 2.45) is 5.92 Å². The Labute approximate surface area is 145 Å². The highest BCUT2D eigenvalue weighted by Crippen LogP contribution is 2.29. The molecule has 0 aliphatic rings. The lowest BCUT2D eigenvalue weighted by Crippen LogP contribution is -2.25. The number of carbonyl (C=O) groups excluding carboxylic acids is 1. The van der Waals surface area contributed by atoms with Crippen LogP contribution in [0.1, 0.15) is 25.3 Å². The fourth-order valence-corrected chi connectivity index (χ4v) is 2.73. The maximum atomic E-state index is 12.6. The van der Waals surface area contributed by atoms with Crippen molar-refractivity contribution in [3.05, 3.63) is 63.1 Å². The van der Waals surface area contributed by atoms with Crippen LogP contribution in [0.25, 0.3) is 0 Å². The molecule has 0 radical (unpaired) electrons. The second-order valence-electron chi connectivity index (χ2n) is 5.39. The summed E-state index contributed by atoms with van der Waals surface area (Å²) >= 11 is 17.8. The van der Waals surface area contributed by atoms with Gasteiger partial charge >= 0.3 is 0 Å². The molecule has 1 amide bonds. The summed E-state index contributed by atoms with van der Waals surface area (Å²) in [5.74, 6) is -0.216. The van der Waals surface area contributed by atoms with Gasteiger partial charge < -0.3 is 5.32 Å². The summed E-state index contributed by atoms with van der Waals surface area (Å²) in [7, 11) is 0. The van der Waals surface area contributed by atoms with Gasteiger partial charge in [0.2, 0.25) is 5.91 Å². The molecule has 2 aromatic carbocycles. The smallest absolute Gasteiger partial charge is 0.232 e. The number of carbonyl (C=O) groups is 1. The molecule has 2 nitrogen and oxygen atoms in total. The number of hydrogen-bond acceptors (Lipinski definition) is 1. The largest absolute Gasteiger partial charge is 0.326 e. The minimum Gasteiger partial charge on any atom is -0.326 e. The first-order valence-corrected chi connectivity index (χ1v) is 8.03. The van der Waals surface area contributed by atoms with Crippen LogP contribution in [0.4, 0.5) is 5.69 Å². The van der Waals surface area contributed by atoms with Crippen LogP contribution >= 0.6 is 34.8 Å². The van der Waals surface area contributed by atoms with Gasteiger partial charge in [0.1, 0.15) is 0 Å². The Balaban J connectivity index is 2.23. The van der Waals surface area contributed by atoms with Crippen molar-refractivity contribution in [2.75, 3.05) is 5.32 Å². The molecule has 0 saturated heterocycles. The van der Waals surface area contributed by atoms with E-state index in [1.807, 2.05) is 26.0 Å². The molecule has 116 valence electrons. The lowest BCUT2D eigenvalue weighted by Gasteiger charge is -2.21. The highest BCUT2D eigenvalue weighted by molar-refractivity contribution is 6.42. The van der Waals surface area contributed by atoms with Crippen molar-refractivity contribution in [1.29, 1.82) is 0 Å². The van der Waals surface area contributed by atoms with Crippen LogP contribution in [-0.4, -0.2) is 5.91 Å². The van der Waals surface area contributed by atoms with Gasteiger partial charge in [0.25, 0.3) is 0 Å². The third kappa shape index (κ3) is 4.16. The normalized spacial score (nSPS) is 12.3. The number of nitrogens with one attached hydrogen (secondary N) is 1. The highest BCUT2D eigenvalue weighted by atomic mass is 35.5. The van der Waals surface area contributed by atoms with E-state index in [0.717, 1.165) is 5.56 Å². The summed E-state index contributed by atoms with van der Waals surface area (Å²) in [5.41, 5.74) is 1.55. The summed E-state index contributed by atoms with van der Waals surface area (Å²) in [4.78, 5) is 12.6. The van der Waals surface area contributed by atoms with Gasteiger partial charge in [-0.15, -0.1) is 0 Å². The van der Waals surface area contributed by atoms with Crippen LogP contribution in [-0.2, 0) is 4.79 Å². The fourth-order valence-electron chi connectivity index (χ4n) is 2.30.